The Morgan fingerprint density at radius 1 is 1.26 bits per heavy atom. The molecule has 1 atom stereocenters. The molecule has 104 valence electrons. The number of hydrogen-bond acceptors (Lipinski definition) is 2. The van der Waals surface area contributed by atoms with Gasteiger partial charge in [-0.15, -0.1) is 0 Å². The van der Waals surface area contributed by atoms with Gasteiger partial charge in [0.1, 0.15) is 0 Å². The van der Waals surface area contributed by atoms with Crippen molar-refractivity contribution in [3.63, 3.8) is 0 Å². The highest BCUT2D eigenvalue weighted by molar-refractivity contribution is 5.99. The van der Waals surface area contributed by atoms with Gasteiger partial charge in [0.15, 0.2) is 17.5 Å². The lowest BCUT2D eigenvalue weighted by Gasteiger charge is -2.18. The normalized spacial score (nSPS) is 19.6. The molecule has 1 aromatic rings. The SMILES string of the molecule is CC(C)NC1CCN(c2cc(F)c(F)c(F)c2)C1=O. The summed E-state index contributed by atoms with van der Waals surface area (Å²) >= 11 is 0. The number of nitrogens with zero attached hydrogens (tertiary/aromatic N) is 1. The van der Waals surface area contributed by atoms with E-state index < -0.39 is 17.5 Å². The fourth-order valence-electron chi connectivity index (χ4n) is 2.19. The number of halogens is 3. The minimum absolute atomic E-state index is 0.0504. The number of anilines is 1. The maximum atomic E-state index is 13.2. The summed E-state index contributed by atoms with van der Waals surface area (Å²) in [7, 11) is 0. The van der Waals surface area contributed by atoms with Crippen LogP contribution in [0.3, 0.4) is 0 Å². The fourth-order valence-corrected chi connectivity index (χ4v) is 2.19. The Hall–Kier alpha value is -1.56. The zero-order valence-electron chi connectivity index (χ0n) is 10.7. The minimum Gasteiger partial charge on any atom is -0.311 e. The van der Waals surface area contributed by atoms with Gasteiger partial charge in [-0.05, 0) is 6.42 Å². The largest absolute Gasteiger partial charge is 0.311 e. The topological polar surface area (TPSA) is 32.3 Å². The molecule has 1 saturated heterocycles. The fraction of sp³-hybridized carbons (Fsp3) is 0.462. The molecule has 19 heavy (non-hydrogen) atoms. The van der Waals surface area contributed by atoms with Crippen LogP contribution in [0.15, 0.2) is 12.1 Å². The van der Waals surface area contributed by atoms with E-state index in [0.717, 1.165) is 12.1 Å². The molecule has 1 unspecified atom stereocenters. The molecule has 0 spiro atoms. The van der Waals surface area contributed by atoms with E-state index in [-0.39, 0.29) is 23.7 Å². The molecule has 1 fully saturated rings. The zero-order chi connectivity index (χ0) is 14.2. The molecular weight excluding hydrogens is 257 g/mol. The van der Waals surface area contributed by atoms with Gasteiger partial charge in [0.05, 0.1) is 6.04 Å². The van der Waals surface area contributed by atoms with Crippen LogP contribution in [0, 0.1) is 17.5 Å². The van der Waals surface area contributed by atoms with E-state index in [0.29, 0.717) is 13.0 Å². The molecule has 1 N–H and O–H groups in total. The van der Waals surface area contributed by atoms with Crippen molar-refractivity contribution in [2.75, 3.05) is 11.4 Å². The molecule has 6 heteroatoms. The molecule has 2 rings (SSSR count). The first-order valence-corrected chi connectivity index (χ1v) is 6.12. The van der Waals surface area contributed by atoms with E-state index in [1.54, 1.807) is 0 Å². The Balaban J connectivity index is 2.22. The second-order valence-corrected chi connectivity index (χ2v) is 4.88. The van der Waals surface area contributed by atoms with Crippen molar-refractivity contribution in [3.8, 4) is 0 Å². The molecule has 1 amide bonds. The van der Waals surface area contributed by atoms with Crippen LogP contribution in [0.4, 0.5) is 18.9 Å². The van der Waals surface area contributed by atoms with Crippen LogP contribution in [0.2, 0.25) is 0 Å². The predicted octanol–water partition coefficient (Wildman–Crippen LogP) is 2.21. The second kappa shape index (κ2) is 5.21. The smallest absolute Gasteiger partial charge is 0.244 e. The highest BCUT2D eigenvalue weighted by Crippen LogP contribution is 2.25. The first-order chi connectivity index (χ1) is 8.90. The number of amides is 1. The first-order valence-electron chi connectivity index (χ1n) is 6.12. The Labute approximate surface area is 109 Å². The van der Waals surface area contributed by atoms with E-state index in [9.17, 15) is 18.0 Å². The summed E-state index contributed by atoms with van der Waals surface area (Å²) in [5, 5.41) is 3.08. The Bertz CT molecular complexity index is 482. The van der Waals surface area contributed by atoms with Crippen LogP contribution in [0.5, 0.6) is 0 Å². The molecule has 0 bridgehead atoms. The number of nitrogens with one attached hydrogen (secondary N) is 1. The predicted molar refractivity (Wildman–Crippen MR) is 65.3 cm³/mol. The highest BCUT2D eigenvalue weighted by atomic mass is 19.2. The summed E-state index contributed by atoms with van der Waals surface area (Å²) in [5.41, 5.74) is 0.0504. The lowest BCUT2D eigenvalue weighted by molar-refractivity contribution is -0.118. The molecule has 1 aliphatic heterocycles. The van der Waals surface area contributed by atoms with Gasteiger partial charge >= 0.3 is 0 Å². The molecule has 0 radical (unpaired) electrons. The van der Waals surface area contributed by atoms with Gasteiger partial charge in [-0.25, -0.2) is 13.2 Å². The van der Waals surface area contributed by atoms with E-state index in [1.165, 1.54) is 4.90 Å². The number of carbonyl (C=O) groups excluding carboxylic acids is 1. The third kappa shape index (κ3) is 2.73. The van der Waals surface area contributed by atoms with E-state index in [1.807, 2.05) is 13.8 Å². The van der Waals surface area contributed by atoms with Crippen LogP contribution in [0.25, 0.3) is 0 Å². The van der Waals surface area contributed by atoms with E-state index in [2.05, 4.69) is 5.32 Å². The average Bonchev–Trinajstić information content (AvgIpc) is 2.67. The van der Waals surface area contributed by atoms with Crippen molar-refractivity contribution < 1.29 is 18.0 Å². The van der Waals surface area contributed by atoms with Gasteiger partial charge < -0.3 is 10.2 Å². The number of rotatable bonds is 3. The van der Waals surface area contributed by atoms with Gasteiger partial charge in [-0.1, -0.05) is 13.8 Å². The van der Waals surface area contributed by atoms with Gasteiger partial charge in [0.25, 0.3) is 0 Å². The Kier molecular flexibility index (Phi) is 3.80. The molecular formula is C13H15F3N2O. The molecule has 1 aliphatic rings. The lowest BCUT2D eigenvalue weighted by atomic mass is 10.2. The van der Waals surface area contributed by atoms with Crippen molar-refractivity contribution in [1.29, 1.82) is 0 Å². The van der Waals surface area contributed by atoms with Crippen LogP contribution in [0.1, 0.15) is 20.3 Å². The Morgan fingerprint density at radius 3 is 2.37 bits per heavy atom. The van der Waals surface area contributed by atoms with E-state index in [4.69, 9.17) is 0 Å². The first kappa shape index (κ1) is 13.9. The maximum absolute atomic E-state index is 13.2. The molecule has 1 heterocycles. The summed E-state index contributed by atoms with van der Waals surface area (Å²) < 4.78 is 39.2. The number of benzene rings is 1. The van der Waals surface area contributed by atoms with Crippen molar-refractivity contribution in [1.82, 2.24) is 5.32 Å². The summed E-state index contributed by atoms with van der Waals surface area (Å²) in [4.78, 5) is 13.3. The van der Waals surface area contributed by atoms with Crippen LogP contribution in [-0.2, 0) is 4.79 Å². The van der Waals surface area contributed by atoms with Crippen molar-refractivity contribution in [2.24, 2.45) is 0 Å². The van der Waals surface area contributed by atoms with Crippen molar-refractivity contribution >= 4 is 11.6 Å². The summed E-state index contributed by atoms with van der Waals surface area (Å²) in [5.74, 6) is -4.35. The van der Waals surface area contributed by atoms with E-state index >= 15 is 0 Å². The molecule has 3 nitrogen and oxygen atoms in total. The van der Waals surface area contributed by atoms with Gasteiger partial charge in [0.2, 0.25) is 5.91 Å². The number of carbonyl (C=O) groups is 1. The standard InChI is InChI=1S/C13H15F3N2O/c1-7(2)17-11-3-4-18(13(11)19)8-5-9(14)12(16)10(15)6-8/h5-7,11,17H,3-4H2,1-2H3. The average molecular weight is 272 g/mol. The van der Waals surface area contributed by atoms with Crippen LogP contribution >= 0.6 is 0 Å². The monoisotopic (exact) mass is 272 g/mol. The number of hydrogen-bond donors (Lipinski definition) is 1. The van der Waals surface area contributed by atoms with Gasteiger partial charge in [0, 0.05) is 30.4 Å². The highest BCUT2D eigenvalue weighted by Gasteiger charge is 2.33. The van der Waals surface area contributed by atoms with Crippen LogP contribution < -0.4 is 10.2 Å². The summed E-state index contributed by atoms with van der Waals surface area (Å²) in [6.45, 7) is 4.17. The van der Waals surface area contributed by atoms with Crippen LogP contribution in [-0.4, -0.2) is 24.5 Å². The maximum Gasteiger partial charge on any atom is 0.244 e. The zero-order valence-corrected chi connectivity index (χ0v) is 10.7. The van der Waals surface area contributed by atoms with Gasteiger partial charge in [-0.3, -0.25) is 4.79 Å². The second-order valence-electron chi connectivity index (χ2n) is 4.88. The van der Waals surface area contributed by atoms with Crippen molar-refractivity contribution in [3.05, 3.63) is 29.6 Å². The molecule has 1 aromatic carbocycles. The lowest BCUT2D eigenvalue weighted by Crippen LogP contribution is -2.41. The summed E-state index contributed by atoms with van der Waals surface area (Å²) in [6.07, 6.45) is 0.553. The van der Waals surface area contributed by atoms with Crippen molar-refractivity contribution in [2.45, 2.75) is 32.4 Å². The minimum atomic E-state index is -1.52. The quantitative estimate of drug-likeness (QED) is 0.856. The van der Waals surface area contributed by atoms with Gasteiger partial charge in [-0.2, -0.15) is 0 Å². The summed E-state index contributed by atoms with van der Waals surface area (Å²) in [6, 6.07) is 1.45. The molecule has 0 aromatic heterocycles. The molecule has 0 aliphatic carbocycles. The third-order valence-electron chi connectivity index (χ3n) is 3.02. The third-order valence-corrected chi connectivity index (χ3v) is 3.02. The Morgan fingerprint density at radius 2 is 1.84 bits per heavy atom. The molecule has 0 saturated carbocycles.